The third-order valence-electron chi connectivity index (χ3n) is 3.07. The molecule has 1 aromatic carbocycles. The molecular weight excluding hydrogens is 190 g/mol. The lowest BCUT2D eigenvalue weighted by atomic mass is 9.95. The summed E-state index contributed by atoms with van der Waals surface area (Å²) in [5.41, 5.74) is 1.69. The molecular formula is C12H13NO2. The van der Waals surface area contributed by atoms with Crippen molar-refractivity contribution in [2.75, 3.05) is 0 Å². The molecule has 1 aromatic rings. The summed E-state index contributed by atoms with van der Waals surface area (Å²) in [6.45, 7) is 5.56. The molecule has 1 aliphatic heterocycles. The number of carbonyl (C=O) groups is 1. The first-order chi connectivity index (χ1) is 7.02. The van der Waals surface area contributed by atoms with Crippen LogP contribution >= 0.6 is 0 Å². The van der Waals surface area contributed by atoms with Gasteiger partial charge in [-0.15, -0.1) is 0 Å². The van der Waals surface area contributed by atoms with Crippen LogP contribution in [0.1, 0.15) is 19.4 Å². The highest BCUT2D eigenvalue weighted by Crippen LogP contribution is 2.15. The van der Waals surface area contributed by atoms with Crippen molar-refractivity contribution in [1.29, 1.82) is 0 Å². The highest BCUT2D eigenvalue weighted by molar-refractivity contribution is 5.89. The lowest BCUT2D eigenvalue weighted by Gasteiger charge is -2.14. The lowest BCUT2D eigenvalue weighted by Crippen LogP contribution is -2.37. The van der Waals surface area contributed by atoms with Crippen molar-refractivity contribution in [2.24, 2.45) is 10.9 Å². The number of phenolic OH excluding ortho intramolecular Hbond substituents is 1. The lowest BCUT2D eigenvalue weighted by molar-refractivity contribution is -0.119. The van der Waals surface area contributed by atoms with Gasteiger partial charge in [0.15, 0.2) is 0 Å². The Labute approximate surface area is 87.8 Å². The van der Waals surface area contributed by atoms with Crippen LogP contribution in [0.2, 0.25) is 0 Å². The Hall–Kier alpha value is -1.64. The number of phenols is 1. The van der Waals surface area contributed by atoms with Crippen molar-refractivity contribution in [3.05, 3.63) is 28.3 Å². The van der Waals surface area contributed by atoms with Crippen LogP contribution in [0.4, 0.5) is 0 Å². The van der Waals surface area contributed by atoms with Crippen LogP contribution in [0, 0.1) is 12.8 Å². The van der Waals surface area contributed by atoms with E-state index in [1.54, 1.807) is 13.0 Å². The fourth-order valence-electron chi connectivity index (χ4n) is 1.78. The van der Waals surface area contributed by atoms with Gasteiger partial charge in [-0.3, -0.25) is 4.79 Å². The van der Waals surface area contributed by atoms with Gasteiger partial charge in [0.05, 0.1) is 11.3 Å². The molecule has 15 heavy (non-hydrogen) atoms. The van der Waals surface area contributed by atoms with E-state index in [0.29, 0.717) is 10.9 Å². The van der Waals surface area contributed by atoms with E-state index < -0.39 is 0 Å². The molecule has 1 aliphatic rings. The SMILES string of the molecule is CC1=c2ccc(O)c(C)c2=NC(=O)C1C. The summed E-state index contributed by atoms with van der Waals surface area (Å²) in [5.74, 6) is -0.0946. The number of carbonyl (C=O) groups excluding carboxylic acids is 1. The first-order valence-electron chi connectivity index (χ1n) is 4.94. The van der Waals surface area contributed by atoms with Gasteiger partial charge < -0.3 is 5.11 Å². The van der Waals surface area contributed by atoms with Gasteiger partial charge in [0.25, 0.3) is 5.91 Å². The number of benzene rings is 1. The summed E-state index contributed by atoms with van der Waals surface area (Å²) in [4.78, 5) is 15.6. The van der Waals surface area contributed by atoms with E-state index in [1.165, 1.54) is 0 Å². The minimum atomic E-state index is -0.151. The number of aromatic hydroxyl groups is 1. The molecule has 0 aliphatic carbocycles. The maximum Gasteiger partial charge on any atom is 0.253 e. The molecule has 78 valence electrons. The second-order valence-electron chi connectivity index (χ2n) is 3.96. The average molecular weight is 203 g/mol. The van der Waals surface area contributed by atoms with Crippen LogP contribution in [0.15, 0.2) is 17.1 Å². The van der Waals surface area contributed by atoms with Crippen molar-refractivity contribution in [3.8, 4) is 5.75 Å². The third-order valence-corrected chi connectivity index (χ3v) is 3.07. The Balaban J connectivity index is 2.96. The van der Waals surface area contributed by atoms with E-state index in [1.807, 2.05) is 19.9 Å². The molecule has 2 rings (SSSR count). The summed E-state index contributed by atoms with van der Waals surface area (Å²) in [6.07, 6.45) is 0. The topological polar surface area (TPSA) is 49.7 Å². The van der Waals surface area contributed by atoms with Crippen molar-refractivity contribution in [2.45, 2.75) is 20.8 Å². The minimum absolute atomic E-state index is 0.131. The number of hydrogen-bond donors (Lipinski definition) is 1. The van der Waals surface area contributed by atoms with Crippen LogP contribution in [0.25, 0.3) is 5.57 Å². The van der Waals surface area contributed by atoms with Gasteiger partial charge in [0.1, 0.15) is 5.75 Å². The third kappa shape index (κ3) is 1.35. The van der Waals surface area contributed by atoms with Crippen molar-refractivity contribution < 1.29 is 9.90 Å². The number of nitrogens with zero attached hydrogens (tertiary/aromatic N) is 1. The highest BCUT2D eigenvalue weighted by atomic mass is 16.3. The smallest absolute Gasteiger partial charge is 0.253 e. The second kappa shape index (κ2) is 3.19. The molecule has 3 nitrogen and oxygen atoms in total. The number of fused-ring (bicyclic) bond motifs is 1. The predicted octanol–water partition coefficient (Wildman–Crippen LogP) is 0.667. The molecule has 0 radical (unpaired) electrons. The first kappa shape index (κ1) is 9.90. The Morgan fingerprint density at radius 2 is 2.00 bits per heavy atom. The summed E-state index contributed by atoms with van der Waals surface area (Å²) in [5, 5.41) is 11.1. The van der Waals surface area contributed by atoms with Crippen LogP contribution in [-0.4, -0.2) is 11.0 Å². The maximum absolute atomic E-state index is 11.6. The van der Waals surface area contributed by atoms with Crippen LogP contribution in [-0.2, 0) is 4.79 Å². The summed E-state index contributed by atoms with van der Waals surface area (Å²) < 4.78 is 0. The van der Waals surface area contributed by atoms with Crippen molar-refractivity contribution in [3.63, 3.8) is 0 Å². The molecule has 1 heterocycles. The van der Waals surface area contributed by atoms with Gasteiger partial charge >= 0.3 is 0 Å². The molecule has 0 fully saturated rings. The van der Waals surface area contributed by atoms with E-state index in [2.05, 4.69) is 4.99 Å². The summed E-state index contributed by atoms with van der Waals surface area (Å²) in [6, 6.07) is 3.47. The fourth-order valence-corrected chi connectivity index (χ4v) is 1.78. The van der Waals surface area contributed by atoms with E-state index in [0.717, 1.165) is 10.8 Å². The van der Waals surface area contributed by atoms with Crippen LogP contribution in [0.3, 0.4) is 0 Å². The first-order valence-corrected chi connectivity index (χ1v) is 4.94. The highest BCUT2D eigenvalue weighted by Gasteiger charge is 2.19. The second-order valence-corrected chi connectivity index (χ2v) is 3.96. The summed E-state index contributed by atoms with van der Waals surface area (Å²) >= 11 is 0. The van der Waals surface area contributed by atoms with Gasteiger partial charge in [-0.1, -0.05) is 5.57 Å². The standard InChI is InChI=1S/C12H13NO2/c1-6-7(2)12(15)13-11-8(3)10(14)5-4-9(6)11/h4-5,7,14H,1-3H3. The largest absolute Gasteiger partial charge is 0.508 e. The van der Waals surface area contributed by atoms with E-state index in [-0.39, 0.29) is 17.6 Å². The molecule has 1 atom stereocenters. The van der Waals surface area contributed by atoms with E-state index >= 15 is 0 Å². The zero-order valence-electron chi connectivity index (χ0n) is 9.03. The Bertz CT molecular complexity index is 558. The van der Waals surface area contributed by atoms with Gasteiger partial charge in [-0.25, -0.2) is 4.99 Å². The van der Waals surface area contributed by atoms with Crippen LogP contribution in [0.5, 0.6) is 5.75 Å². The fraction of sp³-hybridized carbons (Fsp3) is 0.333. The zero-order chi connectivity index (χ0) is 11.2. The maximum atomic E-state index is 11.6. The van der Waals surface area contributed by atoms with Gasteiger partial charge in [-0.05, 0) is 32.9 Å². The van der Waals surface area contributed by atoms with Crippen molar-refractivity contribution in [1.82, 2.24) is 0 Å². The molecule has 1 N–H and O–H groups in total. The van der Waals surface area contributed by atoms with E-state index in [4.69, 9.17) is 0 Å². The molecule has 0 spiro atoms. The Kier molecular flexibility index (Phi) is 2.11. The van der Waals surface area contributed by atoms with E-state index in [9.17, 15) is 9.90 Å². The number of rotatable bonds is 0. The van der Waals surface area contributed by atoms with Crippen LogP contribution < -0.4 is 10.6 Å². The molecule has 3 heteroatoms. The average Bonchev–Trinajstić information content (AvgIpc) is 2.21. The van der Waals surface area contributed by atoms with Crippen molar-refractivity contribution >= 4 is 11.5 Å². The molecule has 0 bridgehead atoms. The quantitative estimate of drug-likeness (QED) is 0.673. The number of hydrogen-bond acceptors (Lipinski definition) is 2. The van der Waals surface area contributed by atoms with Gasteiger partial charge in [0.2, 0.25) is 0 Å². The monoisotopic (exact) mass is 203 g/mol. The molecule has 0 saturated carbocycles. The molecule has 1 unspecified atom stereocenters. The zero-order valence-corrected chi connectivity index (χ0v) is 9.03. The molecule has 0 aromatic heterocycles. The predicted molar refractivity (Wildman–Crippen MR) is 56.9 cm³/mol. The Morgan fingerprint density at radius 3 is 2.67 bits per heavy atom. The van der Waals surface area contributed by atoms with Gasteiger partial charge in [-0.2, -0.15) is 0 Å². The van der Waals surface area contributed by atoms with Gasteiger partial charge in [0, 0.05) is 10.8 Å². The summed E-state index contributed by atoms with van der Waals surface area (Å²) in [7, 11) is 0. The number of amides is 1. The Morgan fingerprint density at radius 1 is 1.33 bits per heavy atom. The molecule has 0 saturated heterocycles. The normalized spacial score (nSPS) is 19.8. The molecule has 1 amide bonds. The minimum Gasteiger partial charge on any atom is -0.508 e.